The summed E-state index contributed by atoms with van der Waals surface area (Å²) in [5.41, 5.74) is 1.21. The second-order valence-electron chi connectivity index (χ2n) is 3.59. The molecule has 1 rings (SSSR count). The number of phenolic OH excluding ortho intramolecular Hbond substituents is 1. The van der Waals surface area contributed by atoms with E-state index in [9.17, 15) is 0 Å². The molecule has 0 amide bonds. The van der Waals surface area contributed by atoms with Gasteiger partial charge in [-0.15, -0.1) is 11.6 Å². The summed E-state index contributed by atoms with van der Waals surface area (Å²) in [6.45, 7) is 4.25. The van der Waals surface area contributed by atoms with Gasteiger partial charge in [0, 0.05) is 11.3 Å². The Morgan fingerprint density at radius 2 is 1.85 bits per heavy atom. The molecular formula is C11H15ClO. The first-order valence-electron chi connectivity index (χ1n) is 4.48. The van der Waals surface area contributed by atoms with E-state index < -0.39 is 0 Å². The lowest BCUT2D eigenvalue weighted by atomic mass is 9.82. The van der Waals surface area contributed by atoms with Gasteiger partial charge in [0.05, 0.1) is 0 Å². The Bertz CT molecular complexity index is 262. The van der Waals surface area contributed by atoms with Crippen molar-refractivity contribution in [2.75, 3.05) is 5.88 Å². The van der Waals surface area contributed by atoms with Crippen molar-refractivity contribution in [3.8, 4) is 5.75 Å². The van der Waals surface area contributed by atoms with Crippen molar-refractivity contribution in [1.82, 2.24) is 0 Å². The van der Waals surface area contributed by atoms with Crippen LogP contribution in [0.1, 0.15) is 25.8 Å². The van der Waals surface area contributed by atoms with Crippen LogP contribution < -0.4 is 0 Å². The highest BCUT2D eigenvalue weighted by Gasteiger charge is 2.22. The van der Waals surface area contributed by atoms with Crippen molar-refractivity contribution < 1.29 is 5.11 Å². The monoisotopic (exact) mass is 198 g/mol. The molecule has 0 aliphatic heterocycles. The van der Waals surface area contributed by atoms with Crippen LogP contribution in [0.2, 0.25) is 0 Å². The lowest BCUT2D eigenvalue weighted by Crippen LogP contribution is -2.22. The molecule has 1 aromatic rings. The highest BCUT2D eigenvalue weighted by Crippen LogP contribution is 2.29. The number of hydrogen-bond donors (Lipinski definition) is 1. The van der Waals surface area contributed by atoms with Gasteiger partial charge in [-0.2, -0.15) is 0 Å². The van der Waals surface area contributed by atoms with Crippen LogP contribution in [-0.2, 0) is 5.41 Å². The number of phenols is 1. The van der Waals surface area contributed by atoms with Gasteiger partial charge in [0.15, 0.2) is 0 Å². The molecule has 0 aliphatic rings. The maximum Gasteiger partial charge on any atom is 0.115 e. The molecule has 72 valence electrons. The van der Waals surface area contributed by atoms with Gasteiger partial charge < -0.3 is 5.11 Å². The highest BCUT2D eigenvalue weighted by atomic mass is 35.5. The second-order valence-corrected chi connectivity index (χ2v) is 3.86. The molecule has 1 unspecified atom stereocenters. The third kappa shape index (κ3) is 2.16. The van der Waals surface area contributed by atoms with Crippen molar-refractivity contribution in [2.45, 2.75) is 25.7 Å². The van der Waals surface area contributed by atoms with Crippen LogP contribution in [0.25, 0.3) is 0 Å². The summed E-state index contributed by atoms with van der Waals surface area (Å²) in [5.74, 6) is 0.908. The van der Waals surface area contributed by atoms with E-state index in [1.54, 1.807) is 12.1 Å². The number of benzene rings is 1. The number of rotatable bonds is 3. The van der Waals surface area contributed by atoms with E-state index in [1.165, 1.54) is 5.56 Å². The lowest BCUT2D eigenvalue weighted by Gasteiger charge is -2.25. The summed E-state index contributed by atoms with van der Waals surface area (Å²) in [6, 6.07) is 7.27. The number of alkyl halides is 1. The van der Waals surface area contributed by atoms with Gasteiger partial charge in [0.2, 0.25) is 0 Å². The van der Waals surface area contributed by atoms with E-state index >= 15 is 0 Å². The maximum absolute atomic E-state index is 9.13. The van der Waals surface area contributed by atoms with Crippen molar-refractivity contribution in [3.63, 3.8) is 0 Å². The van der Waals surface area contributed by atoms with E-state index in [1.807, 2.05) is 12.1 Å². The standard InChI is InChI=1S/C11H15ClO/c1-3-11(2,8-12)9-4-6-10(13)7-5-9/h4-7,13H,3,8H2,1-2H3. The molecule has 0 aliphatic carbocycles. The summed E-state index contributed by atoms with van der Waals surface area (Å²) >= 11 is 5.92. The third-order valence-electron chi connectivity index (χ3n) is 2.64. The van der Waals surface area contributed by atoms with Crippen LogP contribution in [0, 0.1) is 0 Å². The second kappa shape index (κ2) is 4.01. The van der Waals surface area contributed by atoms with Gasteiger partial charge in [-0.3, -0.25) is 0 Å². The topological polar surface area (TPSA) is 20.2 Å². The van der Waals surface area contributed by atoms with Crippen LogP contribution in [0.5, 0.6) is 5.75 Å². The minimum absolute atomic E-state index is 0.0231. The molecule has 1 N–H and O–H groups in total. The lowest BCUT2D eigenvalue weighted by molar-refractivity contribution is 0.472. The first-order chi connectivity index (χ1) is 6.12. The van der Waals surface area contributed by atoms with Gasteiger partial charge >= 0.3 is 0 Å². The average molecular weight is 199 g/mol. The quantitative estimate of drug-likeness (QED) is 0.739. The molecule has 0 spiro atoms. The minimum Gasteiger partial charge on any atom is -0.508 e. The third-order valence-corrected chi connectivity index (χ3v) is 3.23. The molecule has 0 heterocycles. The summed E-state index contributed by atoms with van der Waals surface area (Å²) in [5, 5.41) is 9.13. The first kappa shape index (κ1) is 10.4. The largest absolute Gasteiger partial charge is 0.508 e. The van der Waals surface area contributed by atoms with Crippen LogP contribution in [-0.4, -0.2) is 11.0 Å². The number of halogens is 1. The number of hydrogen-bond acceptors (Lipinski definition) is 1. The molecule has 0 saturated carbocycles. The molecular weight excluding hydrogens is 184 g/mol. The normalized spacial score (nSPS) is 15.3. The molecule has 1 aromatic carbocycles. The zero-order valence-electron chi connectivity index (χ0n) is 8.05. The van der Waals surface area contributed by atoms with Gasteiger partial charge in [-0.25, -0.2) is 0 Å². The van der Waals surface area contributed by atoms with E-state index in [0.717, 1.165) is 6.42 Å². The van der Waals surface area contributed by atoms with Gasteiger partial charge in [-0.1, -0.05) is 26.0 Å². The van der Waals surface area contributed by atoms with Crippen LogP contribution >= 0.6 is 11.6 Å². The Balaban J connectivity index is 2.99. The molecule has 0 fully saturated rings. The molecule has 13 heavy (non-hydrogen) atoms. The van der Waals surface area contributed by atoms with E-state index in [4.69, 9.17) is 16.7 Å². The summed E-state index contributed by atoms with van der Waals surface area (Å²) in [7, 11) is 0. The Hall–Kier alpha value is -0.690. The molecule has 1 nitrogen and oxygen atoms in total. The van der Waals surface area contributed by atoms with Gasteiger partial charge in [0.1, 0.15) is 5.75 Å². The van der Waals surface area contributed by atoms with Crippen molar-refractivity contribution in [3.05, 3.63) is 29.8 Å². The van der Waals surface area contributed by atoms with Crippen molar-refractivity contribution >= 4 is 11.6 Å². The zero-order chi connectivity index (χ0) is 9.90. The number of aromatic hydroxyl groups is 1. The molecule has 0 saturated heterocycles. The summed E-state index contributed by atoms with van der Waals surface area (Å²) < 4.78 is 0. The maximum atomic E-state index is 9.13. The Labute approximate surface area is 84.4 Å². The fourth-order valence-corrected chi connectivity index (χ4v) is 1.58. The SMILES string of the molecule is CCC(C)(CCl)c1ccc(O)cc1. The predicted octanol–water partition coefficient (Wildman–Crippen LogP) is 3.30. The summed E-state index contributed by atoms with van der Waals surface area (Å²) in [6.07, 6.45) is 1.00. The van der Waals surface area contributed by atoms with Crippen LogP contribution in [0.3, 0.4) is 0 Å². The van der Waals surface area contributed by atoms with Gasteiger partial charge in [-0.05, 0) is 24.1 Å². The van der Waals surface area contributed by atoms with Crippen LogP contribution in [0.4, 0.5) is 0 Å². The van der Waals surface area contributed by atoms with Crippen molar-refractivity contribution in [2.24, 2.45) is 0 Å². The molecule has 0 aromatic heterocycles. The smallest absolute Gasteiger partial charge is 0.115 e. The minimum atomic E-state index is 0.0231. The molecule has 2 heteroatoms. The van der Waals surface area contributed by atoms with Crippen LogP contribution in [0.15, 0.2) is 24.3 Å². The Kier molecular flexibility index (Phi) is 3.21. The molecule has 0 radical (unpaired) electrons. The Morgan fingerprint density at radius 3 is 2.23 bits per heavy atom. The van der Waals surface area contributed by atoms with E-state index in [0.29, 0.717) is 11.6 Å². The Morgan fingerprint density at radius 1 is 1.31 bits per heavy atom. The summed E-state index contributed by atoms with van der Waals surface area (Å²) in [4.78, 5) is 0. The highest BCUT2D eigenvalue weighted by molar-refractivity contribution is 6.18. The first-order valence-corrected chi connectivity index (χ1v) is 5.01. The van der Waals surface area contributed by atoms with Crippen molar-refractivity contribution in [1.29, 1.82) is 0 Å². The van der Waals surface area contributed by atoms with E-state index in [2.05, 4.69) is 13.8 Å². The molecule has 1 atom stereocenters. The fourth-order valence-electron chi connectivity index (χ4n) is 1.24. The van der Waals surface area contributed by atoms with Gasteiger partial charge in [0.25, 0.3) is 0 Å². The zero-order valence-corrected chi connectivity index (χ0v) is 8.80. The average Bonchev–Trinajstić information content (AvgIpc) is 2.18. The molecule has 0 bridgehead atoms. The fraction of sp³-hybridized carbons (Fsp3) is 0.455. The van der Waals surface area contributed by atoms with E-state index in [-0.39, 0.29) is 5.41 Å². The predicted molar refractivity (Wildman–Crippen MR) is 56.5 cm³/mol.